The van der Waals surface area contributed by atoms with Crippen molar-refractivity contribution in [3.8, 4) is 22.9 Å². The number of carbonyl (C=O) groups excluding carboxylic acids is 3. The number of nitrogens with one attached hydrogen (secondary N) is 2. The summed E-state index contributed by atoms with van der Waals surface area (Å²) in [6.45, 7) is 5.17. The minimum atomic E-state index is -1.63. The van der Waals surface area contributed by atoms with Crippen LogP contribution < -0.4 is 20.1 Å². The molecule has 0 fully saturated rings. The molecule has 0 bridgehead atoms. The molecule has 4 rings (SSSR count). The number of ether oxygens (including phenoxy) is 3. The lowest BCUT2D eigenvalue weighted by molar-refractivity contribution is -0.146. The highest BCUT2D eigenvalue weighted by atomic mass is 16.5. The van der Waals surface area contributed by atoms with Gasteiger partial charge in [-0.05, 0) is 60.9 Å². The number of rotatable bonds is 14. The van der Waals surface area contributed by atoms with E-state index < -0.39 is 29.4 Å². The van der Waals surface area contributed by atoms with Gasteiger partial charge in [0.1, 0.15) is 23.1 Å². The summed E-state index contributed by atoms with van der Waals surface area (Å²) in [7, 11) is 4.42. The molecule has 0 saturated carbocycles. The Hall–Kier alpha value is -5.27. The minimum absolute atomic E-state index is 0.0679. The Labute approximate surface area is 261 Å². The van der Waals surface area contributed by atoms with Crippen LogP contribution in [0.2, 0.25) is 0 Å². The van der Waals surface area contributed by atoms with Gasteiger partial charge >= 0.3 is 5.97 Å². The summed E-state index contributed by atoms with van der Waals surface area (Å²) in [6.07, 6.45) is 3.53. The summed E-state index contributed by atoms with van der Waals surface area (Å²) in [5.74, 6) is -0.224. The number of hydrogen-bond donors (Lipinski definition) is 2. The first-order valence-corrected chi connectivity index (χ1v) is 14.3. The van der Waals surface area contributed by atoms with Crippen LogP contribution in [0.1, 0.15) is 38.6 Å². The summed E-state index contributed by atoms with van der Waals surface area (Å²) in [6, 6.07) is 13.5. The van der Waals surface area contributed by atoms with Gasteiger partial charge in [0, 0.05) is 19.8 Å². The van der Waals surface area contributed by atoms with Crippen molar-refractivity contribution in [2.75, 3.05) is 21.3 Å². The van der Waals surface area contributed by atoms with E-state index in [2.05, 4.69) is 31.3 Å². The second-order valence-corrected chi connectivity index (χ2v) is 11.0. The third-order valence-corrected chi connectivity index (χ3v) is 7.07. The third kappa shape index (κ3) is 8.22. The van der Waals surface area contributed by atoms with E-state index in [1.54, 1.807) is 60.2 Å². The van der Waals surface area contributed by atoms with Gasteiger partial charge in [-0.3, -0.25) is 9.59 Å². The van der Waals surface area contributed by atoms with Gasteiger partial charge in [0.2, 0.25) is 11.8 Å². The number of hydrogen-bond acceptors (Lipinski definition) is 10. The molecule has 2 N–H and O–H groups in total. The molecule has 0 aliphatic carbocycles. The van der Waals surface area contributed by atoms with Gasteiger partial charge in [0.25, 0.3) is 0 Å². The molecule has 0 radical (unpaired) electrons. The van der Waals surface area contributed by atoms with Crippen LogP contribution in [-0.4, -0.2) is 80.7 Å². The Kier molecular flexibility index (Phi) is 10.5. The highest BCUT2D eigenvalue weighted by Gasteiger charge is 2.43. The predicted octanol–water partition coefficient (Wildman–Crippen LogP) is 2.23. The van der Waals surface area contributed by atoms with Crippen molar-refractivity contribution < 1.29 is 28.6 Å². The van der Waals surface area contributed by atoms with Gasteiger partial charge in [-0.1, -0.05) is 24.3 Å². The zero-order valence-electron chi connectivity index (χ0n) is 26.2. The van der Waals surface area contributed by atoms with Crippen molar-refractivity contribution >= 4 is 17.8 Å². The maximum absolute atomic E-state index is 14.2. The summed E-state index contributed by atoms with van der Waals surface area (Å²) < 4.78 is 18.6. The molecule has 14 nitrogen and oxygen atoms in total. The van der Waals surface area contributed by atoms with E-state index in [-0.39, 0.29) is 18.8 Å². The van der Waals surface area contributed by atoms with Crippen LogP contribution in [-0.2, 0) is 32.0 Å². The lowest BCUT2D eigenvalue weighted by atomic mass is 9.86. The summed E-state index contributed by atoms with van der Waals surface area (Å²) in [4.78, 5) is 39.6. The van der Waals surface area contributed by atoms with Crippen LogP contribution in [0.3, 0.4) is 0 Å². The monoisotopic (exact) mass is 618 g/mol. The number of esters is 1. The third-order valence-electron chi connectivity index (χ3n) is 7.07. The Morgan fingerprint density at radius 3 is 1.64 bits per heavy atom. The Balaban J connectivity index is 1.72. The van der Waals surface area contributed by atoms with Crippen LogP contribution in [0.5, 0.6) is 11.5 Å². The van der Waals surface area contributed by atoms with Gasteiger partial charge in [0.05, 0.1) is 56.5 Å². The number of carbonyl (C=O) groups is 3. The van der Waals surface area contributed by atoms with Crippen molar-refractivity contribution in [1.29, 1.82) is 0 Å². The van der Waals surface area contributed by atoms with Crippen LogP contribution in [0, 0.1) is 5.92 Å². The summed E-state index contributed by atoms with van der Waals surface area (Å²) in [5, 5.41) is 22.7. The lowest BCUT2D eigenvalue weighted by Crippen LogP contribution is -2.63. The molecule has 45 heavy (non-hydrogen) atoms. The Bertz CT molecular complexity index is 1510. The molecule has 0 unspecified atom stereocenters. The van der Waals surface area contributed by atoms with Crippen molar-refractivity contribution in [2.24, 2.45) is 5.92 Å². The van der Waals surface area contributed by atoms with Gasteiger partial charge in [-0.25, -0.2) is 14.2 Å². The SMILES string of the molecule is COC(=O)[C@H](CC(C)C)NC(=O)C(Cc1cn(-c2ccc(OC)cc2)nn1)(Cc1cn(-c2ccc(OC)cc2)nn1)NC(C)=O. The second kappa shape index (κ2) is 14.5. The van der Waals surface area contributed by atoms with E-state index in [1.165, 1.54) is 14.0 Å². The number of benzene rings is 2. The molecule has 0 spiro atoms. The first-order valence-electron chi connectivity index (χ1n) is 14.3. The molecular weight excluding hydrogens is 580 g/mol. The molecule has 0 saturated heterocycles. The molecule has 0 aliphatic heterocycles. The highest BCUT2D eigenvalue weighted by molar-refractivity contribution is 5.94. The number of aromatic nitrogens is 6. The average molecular weight is 619 g/mol. The number of methoxy groups -OCH3 is 3. The summed E-state index contributed by atoms with van der Waals surface area (Å²) in [5.41, 5.74) is 0.631. The van der Waals surface area contributed by atoms with Gasteiger partial charge < -0.3 is 24.8 Å². The summed E-state index contributed by atoms with van der Waals surface area (Å²) >= 11 is 0. The van der Waals surface area contributed by atoms with E-state index in [9.17, 15) is 14.4 Å². The quantitative estimate of drug-likeness (QED) is 0.200. The average Bonchev–Trinajstić information content (AvgIpc) is 3.69. The maximum atomic E-state index is 14.2. The molecule has 2 amide bonds. The van der Waals surface area contributed by atoms with E-state index in [4.69, 9.17) is 14.2 Å². The zero-order valence-corrected chi connectivity index (χ0v) is 26.2. The number of nitrogens with zero attached hydrogens (tertiary/aromatic N) is 6. The van der Waals surface area contributed by atoms with Gasteiger partial charge in [-0.15, -0.1) is 10.2 Å². The smallest absolute Gasteiger partial charge is 0.328 e. The van der Waals surface area contributed by atoms with Gasteiger partial charge in [-0.2, -0.15) is 0 Å². The standard InChI is InChI=1S/C31H38N8O6/c1-20(2)15-28(29(41)45-6)32-30(42)31(33-21(3)40,16-22-18-38(36-34-22)24-7-11-26(43-4)12-8-24)17-23-19-39(37-35-23)25-9-13-27(44-5)14-10-25/h7-14,18-20,28H,15-17H2,1-6H3,(H,32,42)(H,33,40)/t28-/m0/s1. The maximum Gasteiger partial charge on any atom is 0.328 e. The fourth-order valence-electron chi connectivity index (χ4n) is 4.93. The van der Waals surface area contributed by atoms with Crippen molar-refractivity contribution in [1.82, 2.24) is 40.6 Å². The van der Waals surface area contributed by atoms with E-state index >= 15 is 0 Å². The first kappa shape index (κ1) is 32.6. The van der Waals surface area contributed by atoms with Crippen LogP contribution >= 0.6 is 0 Å². The minimum Gasteiger partial charge on any atom is -0.497 e. The Morgan fingerprint density at radius 1 is 0.800 bits per heavy atom. The van der Waals surface area contributed by atoms with Crippen molar-refractivity contribution in [3.05, 3.63) is 72.3 Å². The molecular formula is C31H38N8O6. The molecule has 238 valence electrons. The Morgan fingerprint density at radius 2 is 1.27 bits per heavy atom. The van der Waals surface area contributed by atoms with Gasteiger partial charge in [0.15, 0.2) is 0 Å². The van der Waals surface area contributed by atoms with Crippen molar-refractivity contribution in [3.63, 3.8) is 0 Å². The molecule has 14 heteroatoms. The molecule has 2 aromatic carbocycles. The molecule has 1 atom stereocenters. The largest absolute Gasteiger partial charge is 0.497 e. The molecule has 0 aliphatic rings. The number of amides is 2. The predicted molar refractivity (Wildman–Crippen MR) is 163 cm³/mol. The van der Waals surface area contributed by atoms with E-state index in [0.717, 1.165) is 0 Å². The van der Waals surface area contributed by atoms with Crippen LogP contribution in [0.4, 0.5) is 0 Å². The van der Waals surface area contributed by atoms with Crippen LogP contribution in [0.25, 0.3) is 11.4 Å². The highest BCUT2D eigenvalue weighted by Crippen LogP contribution is 2.22. The fraction of sp³-hybridized carbons (Fsp3) is 0.387. The molecule has 2 heterocycles. The van der Waals surface area contributed by atoms with E-state index in [1.807, 2.05) is 38.1 Å². The topological polar surface area (TPSA) is 164 Å². The van der Waals surface area contributed by atoms with Crippen LogP contribution in [0.15, 0.2) is 60.9 Å². The zero-order chi connectivity index (χ0) is 32.6. The molecule has 2 aromatic heterocycles. The van der Waals surface area contributed by atoms with E-state index in [0.29, 0.717) is 40.7 Å². The second-order valence-electron chi connectivity index (χ2n) is 11.0. The molecule has 4 aromatic rings. The van der Waals surface area contributed by atoms with Crippen molar-refractivity contribution in [2.45, 2.75) is 51.6 Å². The first-order chi connectivity index (χ1) is 21.5. The fourth-order valence-corrected chi connectivity index (χ4v) is 4.93. The normalized spacial score (nSPS) is 12.0. The lowest BCUT2D eigenvalue weighted by Gasteiger charge is -2.33.